The predicted octanol–water partition coefficient (Wildman–Crippen LogP) is 3.02. The summed E-state index contributed by atoms with van der Waals surface area (Å²) in [6.45, 7) is 13.6. The zero-order valence-corrected chi connectivity index (χ0v) is 11.7. The summed E-state index contributed by atoms with van der Waals surface area (Å²) in [4.78, 5) is 8.16. The zero-order chi connectivity index (χ0) is 13.0. The molecule has 0 aliphatic carbocycles. The summed E-state index contributed by atoms with van der Waals surface area (Å²) < 4.78 is 11.1. The molecule has 0 fully saturated rings. The summed E-state index contributed by atoms with van der Waals surface area (Å²) in [5, 5.41) is 0. The van der Waals surface area contributed by atoms with Crippen molar-refractivity contribution in [2.24, 2.45) is 9.98 Å². The maximum absolute atomic E-state index is 5.57. The lowest BCUT2D eigenvalue weighted by molar-refractivity contribution is 0.106. The maximum atomic E-state index is 5.57. The van der Waals surface area contributed by atoms with Gasteiger partial charge in [0.05, 0.1) is 0 Å². The molecule has 0 aromatic heterocycles. The predicted molar refractivity (Wildman–Crippen MR) is 68.1 cm³/mol. The molecular formula is C12H24N2O2. The van der Waals surface area contributed by atoms with Gasteiger partial charge >= 0.3 is 6.02 Å². The van der Waals surface area contributed by atoms with E-state index >= 15 is 0 Å². The van der Waals surface area contributed by atoms with Crippen molar-refractivity contribution >= 4 is 11.9 Å². The Labute approximate surface area is 98.8 Å². The minimum absolute atomic E-state index is 0.256. The zero-order valence-electron chi connectivity index (χ0n) is 11.7. The first-order valence-electron chi connectivity index (χ1n) is 5.43. The average molecular weight is 228 g/mol. The Morgan fingerprint density at radius 2 is 1.31 bits per heavy atom. The molecule has 0 saturated carbocycles. The third-order valence-electron chi connectivity index (χ3n) is 1.30. The summed E-state index contributed by atoms with van der Waals surface area (Å²) in [6, 6.07) is 0.342. The van der Waals surface area contributed by atoms with E-state index < -0.39 is 0 Å². The minimum Gasteiger partial charge on any atom is -0.475 e. The summed E-state index contributed by atoms with van der Waals surface area (Å²) in [6.07, 6.45) is 0. The average Bonchev–Trinajstić information content (AvgIpc) is 1.96. The van der Waals surface area contributed by atoms with Gasteiger partial charge in [-0.25, -0.2) is 4.99 Å². The van der Waals surface area contributed by atoms with Gasteiger partial charge in [-0.3, -0.25) is 0 Å². The standard InChI is InChI=1S/C12H24N2O2/c1-9(15-11(2,3)4)14-10(13-8)16-12(5,6)7/h1-8H3/b13-10+,14-9+. The van der Waals surface area contributed by atoms with Crippen LogP contribution in [0, 0.1) is 0 Å². The maximum Gasteiger partial charge on any atom is 0.314 e. The molecule has 0 amide bonds. The fourth-order valence-electron chi connectivity index (χ4n) is 0.993. The molecular weight excluding hydrogens is 204 g/mol. The highest BCUT2D eigenvalue weighted by Crippen LogP contribution is 2.10. The highest BCUT2D eigenvalue weighted by molar-refractivity contribution is 5.89. The molecule has 0 bridgehead atoms. The molecule has 0 aromatic rings. The molecule has 0 unspecified atom stereocenters. The molecule has 0 saturated heterocycles. The van der Waals surface area contributed by atoms with Gasteiger partial charge in [-0.2, -0.15) is 4.99 Å². The molecule has 0 rings (SSSR count). The van der Waals surface area contributed by atoms with Crippen LogP contribution in [0.2, 0.25) is 0 Å². The van der Waals surface area contributed by atoms with Gasteiger partial charge in [0.15, 0.2) is 5.90 Å². The lowest BCUT2D eigenvalue weighted by atomic mass is 10.2. The van der Waals surface area contributed by atoms with E-state index in [0.29, 0.717) is 11.9 Å². The van der Waals surface area contributed by atoms with Gasteiger partial charge in [-0.15, -0.1) is 0 Å². The van der Waals surface area contributed by atoms with E-state index in [0.717, 1.165) is 0 Å². The second kappa shape index (κ2) is 5.32. The van der Waals surface area contributed by atoms with Crippen LogP contribution < -0.4 is 0 Å². The van der Waals surface area contributed by atoms with Crippen LogP contribution in [0.4, 0.5) is 0 Å². The van der Waals surface area contributed by atoms with E-state index in [-0.39, 0.29) is 11.2 Å². The Bertz CT molecular complexity index is 280. The van der Waals surface area contributed by atoms with Gasteiger partial charge in [-0.1, -0.05) is 0 Å². The smallest absolute Gasteiger partial charge is 0.314 e. The summed E-state index contributed by atoms with van der Waals surface area (Å²) in [5.74, 6) is 0.553. The van der Waals surface area contributed by atoms with Gasteiger partial charge in [0.25, 0.3) is 0 Å². The first-order valence-corrected chi connectivity index (χ1v) is 5.43. The minimum atomic E-state index is -0.305. The van der Waals surface area contributed by atoms with Crippen molar-refractivity contribution < 1.29 is 9.47 Å². The van der Waals surface area contributed by atoms with Crippen LogP contribution in [0.1, 0.15) is 48.5 Å². The molecule has 0 aliphatic heterocycles. The van der Waals surface area contributed by atoms with Crippen molar-refractivity contribution in [3.8, 4) is 0 Å². The Morgan fingerprint density at radius 1 is 0.875 bits per heavy atom. The Kier molecular flexibility index (Phi) is 4.97. The van der Waals surface area contributed by atoms with Crippen molar-refractivity contribution in [2.45, 2.75) is 59.7 Å². The molecule has 4 nitrogen and oxygen atoms in total. The normalized spacial score (nSPS) is 15.0. The number of hydrogen-bond acceptors (Lipinski definition) is 3. The quantitative estimate of drug-likeness (QED) is 0.472. The highest BCUT2D eigenvalue weighted by atomic mass is 16.5. The van der Waals surface area contributed by atoms with Crippen LogP contribution in [0.5, 0.6) is 0 Å². The first kappa shape index (κ1) is 14.9. The molecule has 4 heteroatoms. The number of aliphatic imine (C=N–C) groups is 2. The Hall–Kier alpha value is -1.06. The molecule has 0 aromatic carbocycles. The van der Waals surface area contributed by atoms with E-state index in [1.165, 1.54) is 0 Å². The van der Waals surface area contributed by atoms with E-state index in [1.54, 1.807) is 14.0 Å². The number of amidine groups is 1. The van der Waals surface area contributed by atoms with Gasteiger partial charge in [-0.05, 0) is 41.5 Å². The molecule has 0 N–H and O–H groups in total. The third kappa shape index (κ3) is 8.26. The lowest BCUT2D eigenvalue weighted by Gasteiger charge is -2.22. The van der Waals surface area contributed by atoms with Crippen molar-refractivity contribution in [1.29, 1.82) is 0 Å². The molecule has 0 heterocycles. The number of rotatable bonds is 0. The SMILES string of the molecule is C/N=C(\N=C(/C)OC(C)(C)C)OC(C)(C)C. The van der Waals surface area contributed by atoms with Crippen LogP contribution in [-0.4, -0.2) is 30.2 Å². The van der Waals surface area contributed by atoms with Crippen LogP contribution in [-0.2, 0) is 9.47 Å². The third-order valence-corrected chi connectivity index (χ3v) is 1.30. The molecule has 0 spiro atoms. The fraction of sp³-hybridized carbons (Fsp3) is 0.833. The molecule has 0 atom stereocenters. The molecule has 0 aliphatic rings. The van der Waals surface area contributed by atoms with E-state index in [9.17, 15) is 0 Å². The summed E-state index contributed by atoms with van der Waals surface area (Å²) >= 11 is 0. The lowest BCUT2D eigenvalue weighted by Crippen LogP contribution is -2.26. The largest absolute Gasteiger partial charge is 0.475 e. The second-order valence-electron chi connectivity index (χ2n) is 5.57. The molecule has 16 heavy (non-hydrogen) atoms. The van der Waals surface area contributed by atoms with E-state index in [2.05, 4.69) is 9.98 Å². The number of hydrogen-bond donors (Lipinski definition) is 0. The second-order valence-corrected chi connectivity index (χ2v) is 5.57. The Balaban J connectivity index is 4.60. The van der Waals surface area contributed by atoms with Crippen LogP contribution in [0.15, 0.2) is 9.98 Å². The van der Waals surface area contributed by atoms with Crippen molar-refractivity contribution in [2.75, 3.05) is 7.05 Å². The number of nitrogens with zero attached hydrogens (tertiary/aromatic N) is 2. The van der Waals surface area contributed by atoms with Gasteiger partial charge in [0.2, 0.25) is 0 Å². The van der Waals surface area contributed by atoms with Crippen LogP contribution >= 0.6 is 0 Å². The molecule has 0 radical (unpaired) electrons. The van der Waals surface area contributed by atoms with Crippen molar-refractivity contribution in [1.82, 2.24) is 0 Å². The van der Waals surface area contributed by atoms with Crippen molar-refractivity contribution in [3.05, 3.63) is 0 Å². The van der Waals surface area contributed by atoms with Crippen molar-refractivity contribution in [3.63, 3.8) is 0 Å². The van der Waals surface area contributed by atoms with Gasteiger partial charge in [0, 0.05) is 14.0 Å². The van der Waals surface area contributed by atoms with Crippen LogP contribution in [0.3, 0.4) is 0 Å². The summed E-state index contributed by atoms with van der Waals surface area (Å²) in [5.41, 5.74) is -0.561. The van der Waals surface area contributed by atoms with E-state index in [1.807, 2.05) is 41.5 Å². The van der Waals surface area contributed by atoms with E-state index in [4.69, 9.17) is 9.47 Å². The Morgan fingerprint density at radius 3 is 1.62 bits per heavy atom. The fourth-order valence-corrected chi connectivity index (χ4v) is 0.993. The number of ether oxygens (including phenoxy) is 2. The molecule has 94 valence electrons. The topological polar surface area (TPSA) is 43.2 Å². The van der Waals surface area contributed by atoms with Gasteiger partial charge in [0.1, 0.15) is 11.2 Å². The monoisotopic (exact) mass is 228 g/mol. The highest BCUT2D eigenvalue weighted by Gasteiger charge is 2.16. The summed E-state index contributed by atoms with van der Waals surface area (Å²) in [7, 11) is 1.65. The van der Waals surface area contributed by atoms with Crippen LogP contribution in [0.25, 0.3) is 0 Å². The van der Waals surface area contributed by atoms with Gasteiger partial charge < -0.3 is 9.47 Å². The first-order chi connectivity index (χ1) is 7.03.